The third-order valence-corrected chi connectivity index (χ3v) is 1.74. The van der Waals surface area contributed by atoms with Gasteiger partial charge in [-0.2, -0.15) is 0 Å². The van der Waals surface area contributed by atoms with E-state index < -0.39 is 0 Å². The first kappa shape index (κ1) is 9.74. The monoisotopic (exact) mass is 177 g/mol. The van der Waals surface area contributed by atoms with Crippen LogP contribution in [0.1, 0.15) is 12.5 Å². The highest BCUT2D eigenvalue weighted by atomic mass is 16.1. The molecule has 0 spiro atoms. The van der Waals surface area contributed by atoms with Crippen LogP contribution in [0.25, 0.3) is 0 Å². The fourth-order valence-electron chi connectivity index (χ4n) is 0.991. The van der Waals surface area contributed by atoms with Crippen LogP contribution in [0.3, 0.4) is 0 Å². The molecule has 0 heterocycles. The van der Waals surface area contributed by atoms with Crippen molar-refractivity contribution in [2.24, 2.45) is 0 Å². The molecule has 13 heavy (non-hydrogen) atoms. The highest BCUT2D eigenvalue weighted by Crippen LogP contribution is 1.97. The van der Waals surface area contributed by atoms with Crippen molar-refractivity contribution in [1.29, 1.82) is 0 Å². The van der Waals surface area contributed by atoms with E-state index in [9.17, 15) is 4.79 Å². The number of hydrogen-bond donors (Lipinski definition) is 1. The second kappa shape index (κ2) is 5.32. The Hall–Kier alpha value is -1.35. The van der Waals surface area contributed by atoms with Gasteiger partial charge in [0.2, 0.25) is 0 Å². The molecule has 0 atom stereocenters. The summed E-state index contributed by atoms with van der Waals surface area (Å²) in [5.74, 6) is 0. The van der Waals surface area contributed by atoms with Gasteiger partial charge < -0.3 is 0 Å². The molecule has 0 aliphatic rings. The van der Waals surface area contributed by atoms with Gasteiger partial charge in [-0.25, -0.2) is 5.43 Å². The zero-order valence-corrected chi connectivity index (χ0v) is 7.66. The van der Waals surface area contributed by atoms with Crippen molar-refractivity contribution in [1.82, 2.24) is 10.4 Å². The van der Waals surface area contributed by atoms with Crippen molar-refractivity contribution in [3.05, 3.63) is 35.9 Å². The van der Waals surface area contributed by atoms with E-state index in [1.54, 1.807) is 6.41 Å². The fourth-order valence-corrected chi connectivity index (χ4v) is 0.991. The minimum atomic E-state index is 0.621. The molecule has 0 saturated carbocycles. The number of rotatable bonds is 5. The molecule has 1 radical (unpaired) electrons. The summed E-state index contributed by atoms with van der Waals surface area (Å²) in [7, 11) is 0. The Morgan fingerprint density at radius 2 is 2.08 bits per heavy atom. The molecule has 1 aromatic carbocycles. The van der Waals surface area contributed by atoms with Crippen LogP contribution in [0.4, 0.5) is 0 Å². The van der Waals surface area contributed by atoms with E-state index in [0.29, 0.717) is 13.1 Å². The third kappa shape index (κ3) is 3.25. The molecule has 0 bridgehead atoms. The normalized spacial score (nSPS) is 9.62. The van der Waals surface area contributed by atoms with E-state index in [1.807, 2.05) is 37.3 Å². The molecule has 0 aliphatic carbocycles. The van der Waals surface area contributed by atoms with Gasteiger partial charge in [-0.15, -0.1) is 0 Å². The lowest BCUT2D eigenvalue weighted by atomic mass is 10.2. The van der Waals surface area contributed by atoms with Gasteiger partial charge in [0.15, 0.2) is 0 Å². The number of carbonyl (C=O) groups excluding carboxylic acids is 1. The van der Waals surface area contributed by atoms with Crippen molar-refractivity contribution in [2.45, 2.75) is 13.5 Å². The van der Waals surface area contributed by atoms with E-state index in [-0.39, 0.29) is 0 Å². The largest absolute Gasteiger partial charge is 0.327 e. The highest BCUT2D eigenvalue weighted by Gasteiger charge is 1.97. The number of hydrazine groups is 1. The molecule has 0 fully saturated rings. The topological polar surface area (TPSA) is 32.3 Å². The molecule has 0 saturated heterocycles. The van der Waals surface area contributed by atoms with Crippen LogP contribution >= 0.6 is 0 Å². The van der Waals surface area contributed by atoms with Crippen LogP contribution in [-0.4, -0.2) is 18.0 Å². The molecule has 0 aliphatic heterocycles. The Bertz CT molecular complexity index is 248. The first-order valence-corrected chi connectivity index (χ1v) is 4.29. The number of hydrogen-bond acceptors (Lipinski definition) is 2. The molecule has 1 rings (SSSR count). The SMILES string of the molecule is CCN([C]=O)NCc1ccccc1. The van der Waals surface area contributed by atoms with E-state index in [1.165, 1.54) is 5.01 Å². The Morgan fingerprint density at radius 3 is 2.62 bits per heavy atom. The summed E-state index contributed by atoms with van der Waals surface area (Å²) in [4.78, 5) is 10.3. The quantitative estimate of drug-likeness (QED) is 0.539. The van der Waals surface area contributed by atoms with Crippen molar-refractivity contribution < 1.29 is 4.79 Å². The zero-order valence-electron chi connectivity index (χ0n) is 7.66. The second-order valence-corrected chi connectivity index (χ2v) is 2.66. The molecular formula is C10H13N2O. The van der Waals surface area contributed by atoms with Gasteiger partial charge in [0.1, 0.15) is 0 Å². The van der Waals surface area contributed by atoms with Crippen molar-refractivity contribution in [3.63, 3.8) is 0 Å². The molecule has 3 nitrogen and oxygen atoms in total. The maximum absolute atomic E-state index is 10.3. The Labute approximate surface area is 78.3 Å². The van der Waals surface area contributed by atoms with Gasteiger partial charge in [-0.3, -0.25) is 9.80 Å². The summed E-state index contributed by atoms with van der Waals surface area (Å²) in [6.45, 7) is 3.17. The van der Waals surface area contributed by atoms with E-state index in [2.05, 4.69) is 5.43 Å². The number of nitrogens with one attached hydrogen (secondary N) is 1. The first-order valence-electron chi connectivity index (χ1n) is 4.29. The molecular weight excluding hydrogens is 164 g/mol. The lowest BCUT2D eigenvalue weighted by molar-refractivity contribution is 0.297. The molecule has 1 aromatic rings. The van der Waals surface area contributed by atoms with Crippen LogP contribution in [0, 0.1) is 0 Å². The predicted molar refractivity (Wildman–Crippen MR) is 51.4 cm³/mol. The summed E-state index contributed by atoms with van der Waals surface area (Å²) in [5, 5.41) is 1.40. The number of benzene rings is 1. The first-order chi connectivity index (χ1) is 6.36. The second-order valence-electron chi connectivity index (χ2n) is 2.66. The molecule has 3 heteroatoms. The number of amides is 1. The molecule has 0 aromatic heterocycles. The molecule has 1 amide bonds. The maximum atomic E-state index is 10.3. The van der Waals surface area contributed by atoms with Gasteiger partial charge in [-0.1, -0.05) is 30.3 Å². The summed E-state index contributed by atoms with van der Waals surface area (Å²) in [5.41, 5.74) is 4.09. The Morgan fingerprint density at radius 1 is 1.38 bits per heavy atom. The van der Waals surface area contributed by atoms with Crippen LogP contribution in [0.15, 0.2) is 30.3 Å². The minimum absolute atomic E-state index is 0.621. The van der Waals surface area contributed by atoms with E-state index >= 15 is 0 Å². The summed E-state index contributed by atoms with van der Waals surface area (Å²) in [6, 6.07) is 9.92. The smallest absolute Gasteiger partial charge is 0.270 e. The molecule has 69 valence electrons. The van der Waals surface area contributed by atoms with Gasteiger partial charge in [0.25, 0.3) is 0 Å². The fraction of sp³-hybridized carbons (Fsp3) is 0.300. The van der Waals surface area contributed by atoms with Crippen molar-refractivity contribution in [2.75, 3.05) is 6.54 Å². The average molecular weight is 177 g/mol. The highest BCUT2D eigenvalue weighted by molar-refractivity contribution is 5.46. The predicted octanol–water partition coefficient (Wildman–Crippen LogP) is 1.08. The van der Waals surface area contributed by atoms with Crippen LogP contribution in [0.5, 0.6) is 0 Å². The van der Waals surface area contributed by atoms with Gasteiger partial charge in [-0.05, 0) is 12.5 Å². The van der Waals surface area contributed by atoms with E-state index in [4.69, 9.17) is 0 Å². The maximum Gasteiger partial charge on any atom is 0.327 e. The summed E-state index contributed by atoms with van der Waals surface area (Å²) < 4.78 is 0. The molecule has 1 N–H and O–H groups in total. The van der Waals surface area contributed by atoms with Crippen molar-refractivity contribution in [3.8, 4) is 0 Å². The van der Waals surface area contributed by atoms with Crippen LogP contribution in [0.2, 0.25) is 0 Å². The summed E-state index contributed by atoms with van der Waals surface area (Å²) in [6.07, 6.45) is 1.79. The standard InChI is InChI=1S/C10H13N2O/c1-2-12(9-13)11-8-10-6-4-3-5-7-10/h3-7,11H,2,8H2,1H3. The van der Waals surface area contributed by atoms with Crippen molar-refractivity contribution >= 4 is 6.41 Å². The van der Waals surface area contributed by atoms with Gasteiger partial charge in [0, 0.05) is 13.1 Å². The third-order valence-electron chi connectivity index (χ3n) is 1.74. The van der Waals surface area contributed by atoms with Gasteiger partial charge in [0.05, 0.1) is 0 Å². The Balaban J connectivity index is 2.38. The summed E-state index contributed by atoms with van der Waals surface area (Å²) >= 11 is 0. The molecule has 0 unspecified atom stereocenters. The number of nitrogens with zero attached hydrogens (tertiary/aromatic N) is 1. The average Bonchev–Trinajstić information content (AvgIpc) is 2.21. The van der Waals surface area contributed by atoms with E-state index in [0.717, 1.165) is 5.56 Å². The minimum Gasteiger partial charge on any atom is -0.270 e. The van der Waals surface area contributed by atoms with Gasteiger partial charge >= 0.3 is 6.41 Å². The lowest BCUT2D eigenvalue weighted by Gasteiger charge is -2.14. The lowest BCUT2D eigenvalue weighted by Crippen LogP contribution is -2.35. The Kier molecular flexibility index (Phi) is 3.99. The zero-order chi connectivity index (χ0) is 9.52. The van der Waals surface area contributed by atoms with Crippen LogP contribution in [-0.2, 0) is 11.3 Å². The van der Waals surface area contributed by atoms with Crippen LogP contribution < -0.4 is 5.43 Å².